The van der Waals surface area contributed by atoms with Crippen LogP contribution < -0.4 is 11.1 Å². The fourth-order valence-corrected chi connectivity index (χ4v) is 3.02. The summed E-state index contributed by atoms with van der Waals surface area (Å²) in [4.78, 5) is 14.8. The van der Waals surface area contributed by atoms with Crippen LogP contribution in [0.3, 0.4) is 0 Å². The molecule has 0 bridgehead atoms. The number of amides is 1. The first-order chi connectivity index (χ1) is 9.93. The summed E-state index contributed by atoms with van der Waals surface area (Å²) in [7, 11) is 0. The van der Waals surface area contributed by atoms with E-state index in [9.17, 15) is 4.79 Å². The monoisotopic (exact) mass is 289 g/mol. The Hall–Kier alpha value is -1.39. The summed E-state index contributed by atoms with van der Waals surface area (Å²) in [6.45, 7) is 8.93. The van der Waals surface area contributed by atoms with Crippen LogP contribution >= 0.6 is 0 Å². The van der Waals surface area contributed by atoms with E-state index in [4.69, 9.17) is 5.73 Å². The summed E-state index contributed by atoms with van der Waals surface area (Å²) < 4.78 is 0. The van der Waals surface area contributed by atoms with Crippen molar-refractivity contribution in [1.82, 2.24) is 4.90 Å². The van der Waals surface area contributed by atoms with Gasteiger partial charge in [-0.05, 0) is 43.4 Å². The van der Waals surface area contributed by atoms with Gasteiger partial charge in [-0.3, -0.25) is 9.69 Å². The van der Waals surface area contributed by atoms with Gasteiger partial charge < -0.3 is 11.1 Å². The molecule has 1 aliphatic heterocycles. The Morgan fingerprint density at radius 3 is 2.81 bits per heavy atom. The highest BCUT2D eigenvalue weighted by atomic mass is 16.2. The third kappa shape index (κ3) is 4.05. The van der Waals surface area contributed by atoms with Gasteiger partial charge >= 0.3 is 0 Å². The number of para-hydroxylation sites is 1. The fraction of sp³-hybridized carbons (Fsp3) is 0.588. The standard InChI is InChI=1S/C17H27N3O/c1-13(20-10-6-9-17(2,3)12-20)16(21)19-15-8-5-4-7-14(15)11-18/h4-5,7-8,13H,6,9-12,18H2,1-3H3,(H,19,21). The highest BCUT2D eigenvalue weighted by molar-refractivity contribution is 5.95. The number of benzene rings is 1. The predicted octanol–water partition coefficient (Wildman–Crippen LogP) is 2.59. The number of nitrogens with zero attached hydrogens (tertiary/aromatic N) is 1. The molecule has 4 nitrogen and oxygen atoms in total. The van der Waals surface area contributed by atoms with Crippen LogP contribution in [0.25, 0.3) is 0 Å². The second-order valence-electron chi connectivity index (χ2n) is 6.76. The molecule has 0 aromatic heterocycles. The molecule has 0 radical (unpaired) electrons. The minimum absolute atomic E-state index is 0.0496. The van der Waals surface area contributed by atoms with Crippen LogP contribution in [0.5, 0.6) is 0 Å². The van der Waals surface area contributed by atoms with E-state index in [1.807, 2.05) is 31.2 Å². The van der Waals surface area contributed by atoms with Crippen molar-refractivity contribution in [2.45, 2.75) is 46.2 Å². The molecule has 0 aliphatic carbocycles. The molecular weight excluding hydrogens is 262 g/mol. The molecule has 4 heteroatoms. The molecule has 0 spiro atoms. The normalized spacial score (nSPS) is 20.0. The van der Waals surface area contributed by atoms with E-state index in [1.54, 1.807) is 0 Å². The number of nitrogens with two attached hydrogens (primary N) is 1. The minimum atomic E-state index is -0.115. The maximum atomic E-state index is 12.5. The van der Waals surface area contributed by atoms with Crippen molar-refractivity contribution in [3.8, 4) is 0 Å². The molecule has 116 valence electrons. The second-order valence-corrected chi connectivity index (χ2v) is 6.76. The van der Waals surface area contributed by atoms with Gasteiger partial charge in [0.15, 0.2) is 0 Å². The van der Waals surface area contributed by atoms with Crippen molar-refractivity contribution in [2.24, 2.45) is 11.1 Å². The Morgan fingerprint density at radius 1 is 1.43 bits per heavy atom. The van der Waals surface area contributed by atoms with Gasteiger partial charge in [0.25, 0.3) is 0 Å². The number of anilines is 1. The van der Waals surface area contributed by atoms with E-state index in [0.717, 1.165) is 30.8 Å². The average molecular weight is 289 g/mol. The number of likely N-dealkylation sites (tertiary alicyclic amines) is 1. The zero-order valence-electron chi connectivity index (χ0n) is 13.4. The Bertz CT molecular complexity index is 499. The average Bonchev–Trinajstić information content (AvgIpc) is 2.46. The van der Waals surface area contributed by atoms with Gasteiger partial charge in [0, 0.05) is 18.8 Å². The van der Waals surface area contributed by atoms with Crippen LogP contribution in [0.1, 0.15) is 39.2 Å². The molecule has 1 aromatic carbocycles. The number of carbonyl (C=O) groups excluding carboxylic acids is 1. The SMILES string of the molecule is CC(C(=O)Nc1ccccc1CN)N1CCCC(C)(C)C1. The first kappa shape index (κ1) is 16.0. The Morgan fingerprint density at radius 2 is 2.14 bits per heavy atom. The van der Waals surface area contributed by atoms with Crippen molar-refractivity contribution in [3.63, 3.8) is 0 Å². The van der Waals surface area contributed by atoms with Crippen molar-refractivity contribution in [3.05, 3.63) is 29.8 Å². The predicted molar refractivity (Wildman–Crippen MR) is 87.0 cm³/mol. The summed E-state index contributed by atoms with van der Waals surface area (Å²) in [6, 6.07) is 7.60. The lowest BCUT2D eigenvalue weighted by Gasteiger charge is -2.40. The summed E-state index contributed by atoms with van der Waals surface area (Å²) in [5.74, 6) is 0.0496. The van der Waals surface area contributed by atoms with Crippen LogP contribution in [0.15, 0.2) is 24.3 Å². The summed E-state index contributed by atoms with van der Waals surface area (Å²) >= 11 is 0. The first-order valence-corrected chi connectivity index (χ1v) is 7.76. The van der Waals surface area contributed by atoms with Crippen LogP contribution in [0, 0.1) is 5.41 Å². The van der Waals surface area contributed by atoms with Crippen molar-refractivity contribution in [2.75, 3.05) is 18.4 Å². The van der Waals surface area contributed by atoms with Gasteiger partial charge in [-0.1, -0.05) is 32.0 Å². The number of hydrogen-bond acceptors (Lipinski definition) is 3. The summed E-state index contributed by atoms with van der Waals surface area (Å²) in [5.41, 5.74) is 7.81. The summed E-state index contributed by atoms with van der Waals surface area (Å²) in [5, 5.41) is 3.03. The van der Waals surface area contributed by atoms with E-state index in [1.165, 1.54) is 6.42 Å². The molecule has 3 N–H and O–H groups in total. The number of hydrogen-bond donors (Lipinski definition) is 2. The molecule has 0 saturated carbocycles. The molecule has 1 aromatic rings. The van der Waals surface area contributed by atoms with Crippen LogP contribution in [-0.4, -0.2) is 29.9 Å². The van der Waals surface area contributed by atoms with Gasteiger partial charge in [0.05, 0.1) is 6.04 Å². The van der Waals surface area contributed by atoms with Gasteiger partial charge in [0.2, 0.25) is 5.91 Å². The van der Waals surface area contributed by atoms with Crippen LogP contribution in [-0.2, 0) is 11.3 Å². The second kappa shape index (κ2) is 6.58. The Balaban J connectivity index is 2.02. The molecule has 1 atom stereocenters. The molecule has 1 heterocycles. The molecular formula is C17H27N3O. The first-order valence-electron chi connectivity index (χ1n) is 7.76. The highest BCUT2D eigenvalue weighted by Crippen LogP contribution is 2.29. The molecule has 1 unspecified atom stereocenters. The minimum Gasteiger partial charge on any atom is -0.326 e. The maximum Gasteiger partial charge on any atom is 0.241 e. The largest absolute Gasteiger partial charge is 0.326 e. The molecule has 1 aliphatic rings. The number of rotatable bonds is 4. The molecule has 1 amide bonds. The third-order valence-electron chi connectivity index (χ3n) is 4.35. The number of piperidine rings is 1. The van der Waals surface area contributed by atoms with Gasteiger partial charge in [0.1, 0.15) is 0 Å². The van der Waals surface area contributed by atoms with Crippen molar-refractivity contribution >= 4 is 11.6 Å². The lowest BCUT2D eigenvalue weighted by atomic mass is 9.83. The zero-order chi connectivity index (χ0) is 15.5. The lowest BCUT2D eigenvalue weighted by Crippen LogP contribution is -2.49. The van der Waals surface area contributed by atoms with E-state index < -0.39 is 0 Å². The van der Waals surface area contributed by atoms with Crippen molar-refractivity contribution < 1.29 is 4.79 Å². The van der Waals surface area contributed by atoms with Gasteiger partial charge in [-0.25, -0.2) is 0 Å². The maximum absolute atomic E-state index is 12.5. The highest BCUT2D eigenvalue weighted by Gasteiger charge is 2.31. The topological polar surface area (TPSA) is 58.4 Å². The number of carbonyl (C=O) groups is 1. The number of nitrogens with one attached hydrogen (secondary N) is 1. The van der Waals surface area contributed by atoms with E-state index >= 15 is 0 Å². The van der Waals surface area contributed by atoms with Gasteiger partial charge in [-0.2, -0.15) is 0 Å². The quantitative estimate of drug-likeness (QED) is 0.895. The van der Waals surface area contributed by atoms with Gasteiger partial charge in [-0.15, -0.1) is 0 Å². The third-order valence-corrected chi connectivity index (χ3v) is 4.35. The molecule has 1 saturated heterocycles. The summed E-state index contributed by atoms with van der Waals surface area (Å²) in [6.07, 6.45) is 2.39. The van der Waals surface area contributed by atoms with Crippen LogP contribution in [0.4, 0.5) is 5.69 Å². The Kier molecular flexibility index (Phi) is 5.01. The molecule has 2 rings (SSSR count). The fourth-order valence-electron chi connectivity index (χ4n) is 3.02. The smallest absolute Gasteiger partial charge is 0.241 e. The van der Waals surface area contributed by atoms with E-state index in [-0.39, 0.29) is 11.9 Å². The van der Waals surface area contributed by atoms with Crippen molar-refractivity contribution in [1.29, 1.82) is 0 Å². The zero-order valence-corrected chi connectivity index (χ0v) is 13.4. The molecule has 1 fully saturated rings. The van der Waals surface area contributed by atoms with E-state index in [0.29, 0.717) is 12.0 Å². The Labute approximate surface area is 127 Å². The van der Waals surface area contributed by atoms with E-state index in [2.05, 4.69) is 24.1 Å². The molecule has 21 heavy (non-hydrogen) atoms. The van der Waals surface area contributed by atoms with Crippen LogP contribution in [0.2, 0.25) is 0 Å². The lowest BCUT2D eigenvalue weighted by molar-refractivity contribution is -0.121.